The van der Waals surface area contributed by atoms with Crippen molar-refractivity contribution in [1.82, 2.24) is 0 Å². The van der Waals surface area contributed by atoms with E-state index in [1.165, 1.54) is 0 Å². The zero-order valence-corrected chi connectivity index (χ0v) is 10.1. The third-order valence-electron chi connectivity index (χ3n) is 1.67. The molecule has 0 saturated carbocycles. The summed E-state index contributed by atoms with van der Waals surface area (Å²) in [6, 6.07) is 5.88. The van der Waals surface area contributed by atoms with Gasteiger partial charge in [0.2, 0.25) is 0 Å². The summed E-state index contributed by atoms with van der Waals surface area (Å²) in [5.74, 6) is 5.71. The molecule has 0 bridgehead atoms. The van der Waals surface area contributed by atoms with Gasteiger partial charge >= 0.3 is 0 Å². The molecule has 0 unspecified atom stereocenters. The molecule has 0 spiro atoms. The van der Waals surface area contributed by atoms with E-state index in [4.69, 9.17) is 0 Å². The second kappa shape index (κ2) is 4.16. The van der Waals surface area contributed by atoms with Gasteiger partial charge in [-0.3, -0.25) is 0 Å². The van der Waals surface area contributed by atoms with Crippen LogP contribution < -0.4 is 0 Å². The average Bonchev–Trinajstić information content (AvgIpc) is 2.06. The molecule has 0 atom stereocenters. The Morgan fingerprint density at radius 1 is 1.36 bits per heavy atom. The van der Waals surface area contributed by atoms with E-state index in [1.54, 1.807) is 13.8 Å². The summed E-state index contributed by atoms with van der Waals surface area (Å²) in [4.78, 5) is 0. The van der Waals surface area contributed by atoms with Crippen LogP contribution in [-0.2, 0) is 0 Å². The Balaban J connectivity index is 2.98. The number of aliphatic hydroxyl groups is 1. The van der Waals surface area contributed by atoms with Crippen LogP contribution in [0.5, 0.6) is 0 Å². The first-order valence-electron chi connectivity index (χ1n) is 4.40. The lowest BCUT2D eigenvalue weighted by Gasteiger charge is -2.06. The van der Waals surface area contributed by atoms with Crippen LogP contribution in [0.4, 0.5) is 0 Å². The molecule has 14 heavy (non-hydrogen) atoms. The first-order valence-corrected chi connectivity index (χ1v) is 5.19. The van der Waals surface area contributed by atoms with Gasteiger partial charge in [-0.1, -0.05) is 27.8 Å². The van der Waals surface area contributed by atoms with Gasteiger partial charge in [0.05, 0.1) is 0 Å². The fourth-order valence-electron chi connectivity index (χ4n) is 0.948. The normalized spacial score (nSPS) is 10.6. The van der Waals surface area contributed by atoms with Crippen LogP contribution in [0.25, 0.3) is 0 Å². The maximum Gasteiger partial charge on any atom is 0.120 e. The quantitative estimate of drug-likeness (QED) is 0.705. The largest absolute Gasteiger partial charge is 0.378 e. The topological polar surface area (TPSA) is 20.2 Å². The van der Waals surface area contributed by atoms with Crippen LogP contribution in [0.2, 0.25) is 0 Å². The van der Waals surface area contributed by atoms with Gasteiger partial charge in [0.1, 0.15) is 5.60 Å². The van der Waals surface area contributed by atoms with Crippen LogP contribution >= 0.6 is 15.9 Å². The van der Waals surface area contributed by atoms with Crippen molar-refractivity contribution in [3.05, 3.63) is 33.8 Å². The summed E-state index contributed by atoms with van der Waals surface area (Å²) in [6.45, 7) is 5.36. The van der Waals surface area contributed by atoms with Crippen molar-refractivity contribution in [1.29, 1.82) is 0 Å². The van der Waals surface area contributed by atoms with E-state index in [2.05, 4.69) is 27.8 Å². The minimum Gasteiger partial charge on any atom is -0.378 e. The Labute approximate surface area is 93.3 Å². The number of hydrogen-bond donors (Lipinski definition) is 1. The van der Waals surface area contributed by atoms with Crippen molar-refractivity contribution in [2.24, 2.45) is 0 Å². The summed E-state index contributed by atoms with van der Waals surface area (Å²) >= 11 is 3.42. The highest BCUT2D eigenvalue weighted by molar-refractivity contribution is 9.10. The fourth-order valence-corrected chi connectivity index (χ4v) is 1.19. The highest BCUT2D eigenvalue weighted by Crippen LogP contribution is 2.16. The van der Waals surface area contributed by atoms with Crippen LogP contribution in [0.1, 0.15) is 25.0 Å². The van der Waals surface area contributed by atoms with Gasteiger partial charge in [-0.2, -0.15) is 0 Å². The molecule has 0 aromatic heterocycles. The molecule has 2 heteroatoms. The summed E-state index contributed by atoms with van der Waals surface area (Å²) in [6.07, 6.45) is 0. The molecule has 1 rings (SSSR count). The third-order valence-corrected chi connectivity index (χ3v) is 2.56. The smallest absolute Gasteiger partial charge is 0.120 e. The van der Waals surface area contributed by atoms with Crippen LogP contribution in [-0.4, -0.2) is 10.7 Å². The number of hydrogen-bond acceptors (Lipinski definition) is 1. The van der Waals surface area contributed by atoms with E-state index < -0.39 is 5.60 Å². The SMILES string of the molecule is Cc1cc(C#CC(C)(C)O)ccc1Br. The van der Waals surface area contributed by atoms with E-state index in [0.29, 0.717) is 0 Å². The lowest BCUT2D eigenvalue weighted by Crippen LogP contribution is -2.14. The Morgan fingerprint density at radius 2 is 2.00 bits per heavy atom. The highest BCUT2D eigenvalue weighted by atomic mass is 79.9. The summed E-state index contributed by atoms with van der Waals surface area (Å²) in [5.41, 5.74) is 1.14. The van der Waals surface area contributed by atoms with Crippen molar-refractivity contribution in [3.63, 3.8) is 0 Å². The molecular weight excluding hydrogens is 240 g/mol. The predicted molar refractivity (Wildman–Crippen MR) is 62.1 cm³/mol. The molecule has 0 aliphatic heterocycles. The molecule has 1 aromatic carbocycles. The van der Waals surface area contributed by atoms with Crippen LogP contribution in [0.15, 0.2) is 22.7 Å². The van der Waals surface area contributed by atoms with Crippen molar-refractivity contribution in [3.8, 4) is 11.8 Å². The monoisotopic (exact) mass is 252 g/mol. The number of benzene rings is 1. The molecule has 0 aliphatic rings. The molecule has 1 aromatic rings. The Morgan fingerprint density at radius 3 is 2.50 bits per heavy atom. The fraction of sp³-hybridized carbons (Fsp3) is 0.333. The third kappa shape index (κ3) is 3.53. The number of rotatable bonds is 0. The number of halogens is 1. The first-order chi connectivity index (χ1) is 6.38. The number of aryl methyl sites for hydroxylation is 1. The van der Waals surface area contributed by atoms with Gasteiger partial charge in [-0.05, 0) is 44.5 Å². The molecule has 0 radical (unpaired) electrons. The second-order valence-electron chi connectivity index (χ2n) is 3.77. The molecular formula is C12H13BrO. The lowest BCUT2D eigenvalue weighted by atomic mass is 10.1. The van der Waals surface area contributed by atoms with Crippen molar-refractivity contribution < 1.29 is 5.11 Å². The Bertz CT molecular complexity index is 391. The predicted octanol–water partition coefficient (Wildman–Crippen LogP) is 2.88. The van der Waals surface area contributed by atoms with Crippen molar-refractivity contribution in [2.75, 3.05) is 0 Å². The van der Waals surface area contributed by atoms with Gasteiger partial charge in [0.25, 0.3) is 0 Å². The average molecular weight is 253 g/mol. The molecule has 74 valence electrons. The second-order valence-corrected chi connectivity index (χ2v) is 4.63. The molecule has 0 saturated heterocycles. The zero-order valence-electron chi connectivity index (χ0n) is 8.56. The van der Waals surface area contributed by atoms with E-state index in [0.717, 1.165) is 15.6 Å². The van der Waals surface area contributed by atoms with Crippen LogP contribution in [0.3, 0.4) is 0 Å². The summed E-state index contributed by atoms with van der Waals surface area (Å²) in [7, 11) is 0. The van der Waals surface area contributed by atoms with Gasteiger partial charge in [-0.25, -0.2) is 0 Å². The van der Waals surface area contributed by atoms with E-state index in [9.17, 15) is 5.11 Å². The van der Waals surface area contributed by atoms with E-state index in [1.807, 2.05) is 25.1 Å². The maximum absolute atomic E-state index is 9.42. The van der Waals surface area contributed by atoms with E-state index >= 15 is 0 Å². The first kappa shape index (κ1) is 11.3. The molecule has 1 nitrogen and oxygen atoms in total. The van der Waals surface area contributed by atoms with Gasteiger partial charge in [-0.15, -0.1) is 0 Å². The molecule has 1 N–H and O–H groups in total. The van der Waals surface area contributed by atoms with Crippen molar-refractivity contribution in [2.45, 2.75) is 26.4 Å². The highest BCUT2D eigenvalue weighted by Gasteiger charge is 2.05. The standard InChI is InChI=1S/C12H13BrO/c1-9-8-10(4-5-11(9)13)6-7-12(2,3)14/h4-5,8,14H,1-3H3. The van der Waals surface area contributed by atoms with Gasteiger partial charge in [0, 0.05) is 10.0 Å². The molecule has 0 heterocycles. The van der Waals surface area contributed by atoms with Crippen LogP contribution in [0, 0.1) is 18.8 Å². The minimum absolute atomic E-state index is 0.924. The Hall–Kier alpha value is -0.780. The van der Waals surface area contributed by atoms with Gasteiger partial charge < -0.3 is 5.11 Å². The molecule has 0 amide bonds. The molecule has 0 fully saturated rings. The zero-order chi connectivity index (χ0) is 10.8. The summed E-state index contributed by atoms with van der Waals surface area (Å²) in [5, 5.41) is 9.42. The molecule has 0 aliphatic carbocycles. The maximum atomic E-state index is 9.42. The van der Waals surface area contributed by atoms with Gasteiger partial charge in [0.15, 0.2) is 0 Å². The summed E-state index contributed by atoms with van der Waals surface area (Å²) < 4.78 is 1.08. The van der Waals surface area contributed by atoms with Crippen molar-refractivity contribution >= 4 is 15.9 Å². The Kier molecular flexibility index (Phi) is 3.36. The lowest BCUT2D eigenvalue weighted by molar-refractivity contribution is 0.143. The minimum atomic E-state index is -0.930. The van der Waals surface area contributed by atoms with E-state index in [-0.39, 0.29) is 0 Å².